The molecule has 2 heterocycles. The maximum Gasteiger partial charge on any atom is 1.00 e. The normalized spacial score (nSPS) is 12.3. The molecule has 2 aliphatic heterocycles. The van der Waals surface area contributed by atoms with Crippen LogP contribution in [0, 0.1) is 0 Å². The van der Waals surface area contributed by atoms with Crippen LogP contribution < -0.4 is 92.7 Å². The van der Waals surface area contributed by atoms with Crippen molar-refractivity contribution < 1.29 is 59.1 Å². The molecule has 0 fully saturated rings. The molecule has 0 saturated heterocycles. The van der Waals surface area contributed by atoms with Crippen LogP contribution in [0.2, 0.25) is 0 Å². The maximum absolute atomic E-state index is 6.51. The first-order valence-corrected chi connectivity index (χ1v) is 13.7. The van der Waals surface area contributed by atoms with Crippen molar-refractivity contribution in [3.8, 4) is 0 Å². The van der Waals surface area contributed by atoms with E-state index in [0.717, 1.165) is 52.1 Å². The number of hydrogen-bond acceptors (Lipinski definition) is 11. The minimum atomic E-state index is 0. The van der Waals surface area contributed by atoms with Crippen molar-refractivity contribution in [1.82, 2.24) is 0 Å². The maximum atomic E-state index is 6.51. The van der Waals surface area contributed by atoms with Gasteiger partial charge in [-0.25, -0.2) is 0 Å². The number of anilines is 8. The van der Waals surface area contributed by atoms with E-state index in [4.69, 9.17) is 48.2 Å². The molecule has 176 valence electrons. The molecule has 0 saturated carbocycles. The van der Waals surface area contributed by atoms with Gasteiger partial charge in [-0.15, -0.1) is 9.79 Å². The fourth-order valence-corrected chi connectivity index (χ4v) is 7.93. The van der Waals surface area contributed by atoms with Gasteiger partial charge in [0.1, 0.15) is 0 Å². The van der Waals surface area contributed by atoms with E-state index in [0.29, 0.717) is 32.5 Å². The van der Waals surface area contributed by atoms with E-state index in [1.165, 1.54) is 11.8 Å². The zero-order chi connectivity index (χ0) is 24.4. The first kappa shape index (κ1) is 29.2. The summed E-state index contributed by atoms with van der Waals surface area (Å²) >= 11 is 16.2. The molecule has 10 N–H and O–H groups in total. The molecule has 6 nitrogen and oxygen atoms in total. The summed E-state index contributed by atoms with van der Waals surface area (Å²) in [5.74, 6) is 0. The van der Waals surface area contributed by atoms with Gasteiger partial charge in [-0.05, 0) is 48.5 Å². The van der Waals surface area contributed by atoms with Crippen LogP contribution in [-0.4, -0.2) is 0 Å². The topological polar surface area (TPSA) is 128 Å². The predicted octanol–water partition coefficient (Wildman–Crippen LogP) is 0.403. The number of hydrogen-bond donors (Lipinski definition) is 6. The molecular formula is C24H18N6Na2S5. The molecule has 0 atom stereocenters. The van der Waals surface area contributed by atoms with Gasteiger partial charge in [-0.3, -0.25) is 0 Å². The van der Waals surface area contributed by atoms with Gasteiger partial charge in [0.25, 0.3) is 0 Å². The Morgan fingerprint density at radius 3 is 1.41 bits per heavy atom. The number of benzene rings is 4. The molecule has 0 amide bonds. The predicted molar refractivity (Wildman–Crippen MR) is 154 cm³/mol. The number of fused-ring (bicyclic) bond motifs is 4. The fourth-order valence-electron chi connectivity index (χ4n) is 3.91. The average Bonchev–Trinajstić information content (AvgIpc) is 2.84. The Kier molecular flexibility index (Phi) is 8.94. The average molecular weight is 597 g/mol. The van der Waals surface area contributed by atoms with Gasteiger partial charge >= 0.3 is 59.1 Å². The summed E-state index contributed by atoms with van der Waals surface area (Å²) in [6.45, 7) is 0. The molecule has 4 aromatic carbocycles. The van der Waals surface area contributed by atoms with Gasteiger partial charge in [0.05, 0.1) is 11.4 Å². The molecule has 37 heavy (non-hydrogen) atoms. The van der Waals surface area contributed by atoms with Gasteiger partial charge < -0.3 is 58.8 Å². The molecule has 13 heteroatoms. The summed E-state index contributed by atoms with van der Waals surface area (Å²) in [5.41, 5.74) is 30.9. The van der Waals surface area contributed by atoms with E-state index in [1.807, 2.05) is 48.5 Å². The van der Waals surface area contributed by atoms with Gasteiger partial charge in [0.15, 0.2) is 0 Å². The van der Waals surface area contributed by atoms with E-state index in [9.17, 15) is 0 Å². The SMILES string of the molecule is Nc1ccc2c(c1)Nc1c(cc(Sc3cc4c(c([S-])c3N)Nc3cc(N)ccc3S4)c(N)c1[S-])S2.[Na+].[Na+]. The van der Waals surface area contributed by atoms with Crippen molar-refractivity contribution in [2.45, 2.75) is 39.2 Å². The van der Waals surface area contributed by atoms with Crippen molar-refractivity contribution in [3.05, 3.63) is 48.5 Å². The van der Waals surface area contributed by atoms with Crippen LogP contribution in [0.4, 0.5) is 45.5 Å². The van der Waals surface area contributed by atoms with Crippen molar-refractivity contribution in [3.63, 3.8) is 0 Å². The molecule has 4 aromatic rings. The van der Waals surface area contributed by atoms with Gasteiger partial charge in [0.2, 0.25) is 0 Å². The third-order valence-electron chi connectivity index (χ3n) is 5.68. The van der Waals surface area contributed by atoms with E-state index < -0.39 is 0 Å². The van der Waals surface area contributed by atoms with Crippen molar-refractivity contribution >= 4 is 106 Å². The smallest absolute Gasteiger partial charge is 0.776 e. The first-order chi connectivity index (χ1) is 16.8. The zero-order valence-corrected chi connectivity index (χ0v) is 28.1. The molecule has 0 bridgehead atoms. The Hall–Kier alpha value is -0.830. The number of rotatable bonds is 2. The Morgan fingerprint density at radius 1 is 0.595 bits per heavy atom. The Bertz CT molecular complexity index is 1450. The van der Waals surface area contributed by atoms with E-state index >= 15 is 0 Å². The Labute approximate surface area is 283 Å². The summed E-state index contributed by atoms with van der Waals surface area (Å²) in [7, 11) is 0. The van der Waals surface area contributed by atoms with E-state index in [-0.39, 0.29) is 59.1 Å². The third-order valence-corrected chi connectivity index (χ3v) is 9.88. The number of nitrogens with one attached hydrogen (secondary N) is 2. The molecule has 0 unspecified atom stereocenters. The Morgan fingerprint density at radius 2 is 1.00 bits per heavy atom. The summed E-state index contributed by atoms with van der Waals surface area (Å²) in [6, 6.07) is 15.7. The van der Waals surface area contributed by atoms with E-state index in [2.05, 4.69) is 10.6 Å². The standard InChI is InChI=1S/C24H20N6S5.2Na/c25-9-1-3-13-11(5-9)29-21-17(33-13)7-15(19(27)23(21)31)35-16-8-18-22(24(32)20(16)28)30-12-6-10(26)2-4-14(12)34-18;;/h1-8,29-32H,25-28H2;;/q;2*+1/p-2. The van der Waals surface area contributed by atoms with Gasteiger partial charge in [-0.2, -0.15) is 0 Å². The summed E-state index contributed by atoms with van der Waals surface area (Å²) in [5, 5.41) is 6.80. The second kappa shape index (κ2) is 11.3. The molecule has 0 aliphatic carbocycles. The van der Waals surface area contributed by atoms with Crippen LogP contribution in [0.25, 0.3) is 0 Å². The number of nitrogens with two attached hydrogens (primary N) is 4. The van der Waals surface area contributed by atoms with E-state index in [1.54, 1.807) is 23.5 Å². The largest absolute Gasteiger partial charge is 1.00 e. The minimum Gasteiger partial charge on any atom is -0.776 e. The molecule has 6 rings (SSSR count). The summed E-state index contributed by atoms with van der Waals surface area (Å²) in [4.78, 5) is 6.97. The van der Waals surface area contributed by atoms with Crippen molar-refractivity contribution in [1.29, 1.82) is 0 Å². The van der Waals surface area contributed by atoms with Crippen LogP contribution in [0.3, 0.4) is 0 Å². The van der Waals surface area contributed by atoms with Crippen LogP contribution in [0.15, 0.2) is 87.7 Å². The summed E-state index contributed by atoms with van der Waals surface area (Å²) < 4.78 is 0. The second-order valence-electron chi connectivity index (χ2n) is 8.05. The molecular weight excluding hydrogens is 579 g/mol. The third kappa shape index (κ3) is 5.33. The minimum absolute atomic E-state index is 0. The van der Waals surface area contributed by atoms with Gasteiger partial charge in [0, 0.05) is 63.5 Å². The fraction of sp³-hybridized carbons (Fsp3) is 0. The van der Waals surface area contributed by atoms with Crippen LogP contribution in [0.5, 0.6) is 0 Å². The molecule has 0 spiro atoms. The molecule has 0 radical (unpaired) electrons. The van der Waals surface area contributed by atoms with Crippen molar-refractivity contribution in [2.75, 3.05) is 33.6 Å². The van der Waals surface area contributed by atoms with Crippen molar-refractivity contribution in [2.24, 2.45) is 0 Å². The summed E-state index contributed by atoms with van der Waals surface area (Å²) in [6.07, 6.45) is 0. The van der Waals surface area contributed by atoms with Crippen LogP contribution in [0.1, 0.15) is 0 Å². The molecule has 0 aromatic heterocycles. The first-order valence-electron chi connectivity index (χ1n) is 10.4. The molecule has 2 aliphatic rings. The Balaban J connectivity index is 0.00000160. The zero-order valence-electron chi connectivity index (χ0n) is 20.0. The van der Waals surface area contributed by atoms with Crippen LogP contribution >= 0.6 is 35.3 Å². The second-order valence-corrected chi connectivity index (χ2v) is 12.1. The van der Waals surface area contributed by atoms with Crippen LogP contribution in [-0.2, 0) is 25.3 Å². The quantitative estimate of drug-likeness (QED) is 0.0945. The number of nitrogen functional groups attached to an aromatic ring is 4. The van der Waals surface area contributed by atoms with Gasteiger partial charge in [-0.1, -0.05) is 35.3 Å². The monoisotopic (exact) mass is 596 g/mol.